The summed E-state index contributed by atoms with van der Waals surface area (Å²) in [5.41, 5.74) is 2.56. The normalized spacial score (nSPS) is 15.3. The molecule has 100 valence electrons. The quantitative estimate of drug-likeness (QED) is 0.828. The van der Waals surface area contributed by atoms with Crippen LogP contribution in [0.2, 0.25) is 5.28 Å². The molecule has 2 rings (SSSR count). The van der Waals surface area contributed by atoms with Crippen molar-refractivity contribution < 1.29 is 0 Å². The molecule has 0 bridgehead atoms. The van der Waals surface area contributed by atoms with E-state index in [-0.39, 0.29) is 0 Å². The van der Waals surface area contributed by atoms with Crippen molar-refractivity contribution in [2.75, 3.05) is 18.4 Å². The topological polar surface area (TPSA) is 49.8 Å². The van der Waals surface area contributed by atoms with Crippen LogP contribution >= 0.6 is 11.6 Å². The third-order valence-electron chi connectivity index (χ3n) is 3.07. The lowest BCUT2D eigenvalue weighted by Gasteiger charge is -2.22. The van der Waals surface area contributed by atoms with Gasteiger partial charge in [-0.2, -0.15) is 0 Å². The predicted octanol–water partition coefficient (Wildman–Crippen LogP) is 2.62. The van der Waals surface area contributed by atoms with Gasteiger partial charge in [0.15, 0.2) is 0 Å². The van der Waals surface area contributed by atoms with Crippen LogP contribution in [0.5, 0.6) is 0 Å². The van der Waals surface area contributed by atoms with Crippen LogP contribution < -0.4 is 10.6 Å². The molecule has 0 unspecified atom stereocenters. The molecule has 1 aromatic rings. The van der Waals surface area contributed by atoms with Crippen LogP contribution in [0.15, 0.2) is 0 Å². The zero-order chi connectivity index (χ0) is 13.2. The van der Waals surface area contributed by atoms with Gasteiger partial charge in [0.05, 0.1) is 5.69 Å². The van der Waals surface area contributed by atoms with Gasteiger partial charge in [0.2, 0.25) is 5.28 Å². The second kappa shape index (κ2) is 5.41. The van der Waals surface area contributed by atoms with Crippen LogP contribution in [0.25, 0.3) is 0 Å². The molecule has 0 spiro atoms. The fourth-order valence-electron chi connectivity index (χ4n) is 2.02. The Hall–Kier alpha value is -0.870. The summed E-state index contributed by atoms with van der Waals surface area (Å²) in [7, 11) is 0. The van der Waals surface area contributed by atoms with Gasteiger partial charge >= 0.3 is 0 Å². The maximum atomic E-state index is 5.97. The van der Waals surface area contributed by atoms with Gasteiger partial charge in [-0.3, -0.25) is 0 Å². The minimum absolute atomic E-state index is 0.322. The van der Waals surface area contributed by atoms with Gasteiger partial charge in [0.1, 0.15) is 5.82 Å². The van der Waals surface area contributed by atoms with Crippen LogP contribution in [0.4, 0.5) is 5.82 Å². The number of rotatable bonds is 3. The molecule has 5 heteroatoms. The molecule has 0 saturated carbocycles. The van der Waals surface area contributed by atoms with Gasteiger partial charge < -0.3 is 10.6 Å². The summed E-state index contributed by atoms with van der Waals surface area (Å²) < 4.78 is 0. The number of hydrogen-bond acceptors (Lipinski definition) is 4. The van der Waals surface area contributed by atoms with E-state index >= 15 is 0 Å². The summed E-state index contributed by atoms with van der Waals surface area (Å²) >= 11 is 5.97. The Bertz CT molecular complexity index is 426. The van der Waals surface area contributed by atoms with Crippen molar-refractivity contribution in [3.05, 3.63) is 16.5 Å². The standard InChI is InChI=1S/C13H21ClN4/c1-13(2,3)5-7-16-11-9-8-15-6-4-10(9)17-12(14)18-11/h15H,4-8H2,1-3H3,(H,16,17,18). The van der Waals surface area contributed by atoms with Gasteiger partial charge in [-0.1, -0.05) is 20.8 Å². The predicted molar refractivity (Wildman–Crippen MR) is 75.0 cm³/mol. The Morgan fingerprint density at radius 2 is 2.11 bits per heavy atom. The molecule has 0 aromatic carbocycles. The average molecular weight is 269 g/mol. The van der Waals surface area contributed by atoms with E-state index in [1.54, 1.807) is 0 Å². The minimum atomic E-state index is 0.322. The van der Waals surface area contributed by atoms with Gasteiger partial charge in [-0.25, -0.2) is 9.97 Å². The molecule has 0 aliphatic carbocycles. The first-order valence-corrected chi connectivity index (χ1v) is 6.83. The first kappa shape index (κ1) is 13.6. The summed E-state index contributed by atoms with van der Waals surface area (Å²) in [5.74, 6) is 0.890. The molecule has 0 saturated heterocycles. The lowest BCUT2D eigenvalue weighted by molar-refractivity contribution is 0.389. The average Bonchev–Trinajstić information content (AvgIpc) is 2.27. The first-order chi connectivity index (χ1) is 8.46. The smallest absolute Gasteiger partial charge is 0.224 e. The Labute approximate surface area is 114 Å². The van der Waals surface area contributed by atoms with Crippen molar-refractivity contribution in [2.24, 2.45) is 5.41 Å². The zero-order valence-electron chi connectivity index (χ0n) is 11.3. The molecule has 0 radical (unpaired) electrons. The molecule has 0 amide bonds. The zero-order valence-corrected chi connectivity index (χ0v) is 12.1. The fraction of sp³-hybridized carbons (Fsp3) is 0.692. The van der Waals surface area contributed by atoms with E-state index in [1.165, 1.54) is 5.56 Å². The Balaban J connectivity index is 2.10. The summed E-state index contributed by atoms with van der Waals surface area (Å²) in [4.78, 5) is 8.61. The van der Waals surface area contributed by atoms with E-state index < -0.39 is 0 Å². The monoisotopic (exact) mass is 268 g/mol. The number of fused-ring (bicyclic) bond motifs is 1. The molecular weight excluding hydrogens is 248 g/mol. The van der Waals surface area contributed by atoms with Crippen molar-refractivity contribution in [3.8, 4) is 0 Å². The van der Waals surface area contributed by atoms with Crippen LogP contribution in [-0.4, -0.2) is 23.1 Å². The number of nitrogens with zero attached hydrogens (tertiary/aromatic N) is 2. The van der Waals surface area contributed by atoms with Crippen molar-refractivity contribution in [2.45, 2.75) is 40.2 Å². The lowest BCUT2D eigenvalue weighted by atomic mass is 9.92. The third-order valence-corrected chi connectivity index (χ3v) is 3.24. The highest BCUT2D eigenvalue weighted by Gasteiger charge is 2.17. The maximum absolute atomic E-state index is 5.97. The molecule has 2 heterocycles. The molecule has 0 atom stereocenters. The van der Waals surface area contributed by atoms with E-state index in [0.717, 1.165) is 44.0 Å². The molecule has 1 aliphatic heterocycles. The van der Waals surface area contributed by atoms with Gasteiger partial charge in [-0.15, -0.1) is 0 Å². The van der Waals surface area contributed by atoms with Crippen LogP contribution in [0.1, 0.15) is 38.4 Å². The third kappa shape index (κ3) is 3.56. The van der Waals surface area contributed by atoms with Gasteiger partial charge in [-0.05, 0) is 23.4 Å². The van der Waals surface area contributed by atoms with E-state index in [1.807, 2.05) is 0 Å². The van der Waals surface area contributed by atoms with Gasteiger partial charge in [0.25, 0.3) is 0 Å². The molecule has 1 aromatic heterocycles. The summed E-state index contributed by atoms with van der Waals surface area (Å²) in [6, 6.07) is 0. The molecule has 1 aliphatic rings. The number of aromatic nitrogens is 2. The SMILES string of the molecule is CC(C)(C)CCNc1nc(Cl)nc2c1CNCC2. The number of halogens is 1. The molecule has 2 N–H and O–H groups in total. The van der Waals surface area contributed by atoms with E-state index in [0.29, 0.717) is 10.7 Å². The largest absolute Gasteiger partial charge is 0.370 e. The molecule has 18 heavy (non-hydrogen) atoms. The highest BCUT2D eigenvalue weighted by Crippen LogP contribution is 2.23. The first-order valence-electron chi connectivity index (χ1n) is 6.45. The highest BCUT2D eigenvalue weighted by atomic mass is 35.5. The van der Waals surface area contributed by atoms with Crippen LogP contribution in [0.3, 0.4) is 0 Å². The number of anilines is 1. The second-order valence-corrected chi connectivity index (χ2v) is 6.27. The van der Waals surface area contributed by atoms with Crippen molar-refractivity contribution >= 4 is 17.4 Å². The minimum Gasteiger partial charge on any atom is -0.370 e. The van der Waals surface area contributed by atoms with E-state index in [2.05, 4.69) is 41.4 Å². The Kier molecular flexibility index (Phi) is 4.07. The Morgan fingerprint density at radius 3 is 2.83 bits per heavy atom. The number of nitrogens with one attached hydrogen (secondary N) is 2. The van der Waals surface area contributed by atoms with E-state index in [4.69, 9.17) is 11.6 Å². The summed E-state index contributed by atoms with van der Waals surface area (Å²) in [6.45, 7) is 9.39. The van der Waals surface area contributed by atoms with E-state index in [9.17, 15) is 0 Å². The van der Waals surface area contributed by atoms with Crippen LogP contribution in [0, 0.1) is 5.41 Å². The molecular formula is C13H21ClN4. The summed E-state index contributed by atoms with van der Waals surface area (Å²) in [6.07, 6.45) is 2.02. The lowest BCUT2D eigenvalue weighted by Crippen LogP contribution is -2.27. The summed E-state index contributed by atoms with van der Waals surface area (Å²) in [5, 5.41) is 7.08. The van der Waals surface area contributed by atoms with Gasteiger partial charge in [0, 0.05) is 31.6 Å². The number of hydrogen-bond donors (Lipinski definition) is 2. The second-order valence-electron chi connectivity index (χ2n) is 5.93. The van der Waals surface area contributed by atoms with Crippen molar-refractivity contribution in [1.29, 1.82) is 0 Å². The fourth-order valence-corrected chi connectivity index (χ4v) is 2.20. The molecule has 0 fully saturated rings. The van der Waals surface area contributed by atoms with Crippen molar-refractivity contribution in [1.82, 2.24) is 15.3 Å². The highest BCUT2D eigenvalue weighted by molar-refractivity contribution is 6.28. The molecule has 4 nitrogen and oxygen atoms in total. The van der Waals surface area contributed by atoms with Crippen LogP contribution in [-0.2, 0) is 13.0 Å². The van der Waals surface area contributed by atoms with Crippen molar-refractivity contribution in [3.63, 3.8) is 0 Å². The maximum Gasteiger partial charge on any atom is 0.224 e. The Morgan fingerprint density at radius 1 is 1.33 bits per heavy atom.